The van der Waals surface area contributed by atoms with E-state index < -0.39 is 31.5 Å². The van der Waals surface area contributed by atoms with Crippen LogP contribution >= 0.6 is 15.5 Å². The molecule has 0 aliphatic rings. The first-order chi connectivity index (χ1) is 10.1. The van der Waals surface area contributed by atoms with Crippen molar-refractivity contribution in [3.63, 3.8) is 0 Å². The van der Waals surface area contributed by atoms with Crippen LogP contribution < -0.4 is 0 Å². The maximum absolute atomic E-state index is 11.8. The lowest BCUT2D eigenvalue weighted by molar-refractivity contribution is 0.348. The number of unbranched alkanes of at least 4 members (excludes halogenated alkanes) is 1. The first-order valence-electron chi connectivity index (χ1n) is 6.10. The van der Waals surface area contributed by atoms with Gasteiger partial charge in [0.2, 0.25) is 0 Å². The molecule has 0 amide bonds. The summed E-state index contributed by atoms with van der Waals surface area (Å²) in [6, 6.07) is 5.04. The zero-order valence-electron chi connectivity index (χ0n) is 11.4. The molecule has 0 fully saturated rings. The number of nitrogens with zero attached hydrogens (tertiary/aromatic N) is 2. The summed E-state index contributed by atoms with van der Waals surface area (Å²) in [5.74, 6) is 0.287. The van der Waals surface area contributed by atoms with E-state index in [1.165, 1.54) is 6.20 Å². The molecular weight excluding hydrogens is 354 g/mol. The van der Waals surface area contributed by atoms with Crippen LogP contribution in [0.2, 0.25) is 0 Å². The first kappa shape index (κ1) is 19.5. The van der Waals surface area contributed by atoms with Gasteiger partial charge in [-0.25, -0.2) is 14.5 Å². The smallest absolute Gasteiger partial charge is 0.317 e. The summed E-state index contributed by atoms with van der Waals surface area (Å²) >= 11 is 0. The highest BCUT2D eigenvalue weighted by Crippen LogP contribution is 2.60. The van der Waals surface area contributed by atoms with E-state index in [9.17, 15) is 8.77 Å². The van der Waals surface area contributed by atoms with Crippen molar-refractivity contribution in [1.29, 1.82) is 0 Å². The molecule has 0 saturated heterocycles. The van der Waals surface area contributed by atoms with Crippen molar-refractivity contribution in [2.45, 2.75) is 17.9 Å². The maximum Gasteiger partial charge on any atom is 0.469 e. The van der Waals surface area contributed by atoms with E-state index in [2.05, 4.69) is 9.98 Å². The van der Waals surface area contributed by atoms with Gasteiger partial charge in [-0.1, -0.05) is 6.07 Å². The van der Waals surface area contributed by atoms with E-state index in [0.717, 1.165) is 0 Å². The summed E-state index contributed by atoms with van der Waals surface area (Å²) in [6.45, 7) is -0.136. The molecule has 5 N–H and O–H groups in total. The molecule has 0 aliphatic heterocycles. The van der Waals surface area contributed by atoms with Crippen LogP contribution in [0.15, 0.2) is 34.4 Å². The second-order valence-corrected chi connectivity index (χ2v) is 9.16. The van der Waals surface area contributed by atoms with Gasteiger partial charge in [-0.15, -0.1) is 0 Å². The molecule has 1 atom stereocenters. The van der Waals surface area contributed by atoms with Gasteiger partial charge in [-0.05, 0) is 25.0 Å². The van der Waals surface area contributed by atoms with Gasteiger partial charge in [-0.3, -0.25) is 4.21 Å². The third-order valence-corrected chi connectivity index (χ3v) is 6.69. The van der Waals surface area contributed by atoms with Crippen LogP contribution in [0.4, 0.5) is 0 Å². The lowest BCUT2D eigenvalue weighted by Gasteiger charge is -2.08. The Morgan fingerprint density at radius 2 is 1.95 bits per heavy atom. The van der Waals surface area contributed by atoms with Crippen molar-refractivity contribution in [2.75, 3.05) is 12.3 Å². The molecule has 0 radical (unpaired) electrons. The van der Waals surface area contributed by atoms with Gasteiger partial charge in [-0.2, -0.15) is 14.7 Å². The summed E-state index contributed by atoms with van der Waals surface area (Å²) in [5.41, 5.74) is 0. The predicted molar refractivity (Wildman–Crippen MR) is 82.7 cm³/mol. The summed E-state index contributed by atoms with van der Waals surface area (Å²) in [6.07, 6.45) is 2.26. The minimum atomic E-state index is -5.03. The number of hydrogen-bond donors (Lipinski definition) is 5. The molecule has 22 heavy (non-hydrogen) atoms. The van der Waals surface area contributed by atoms with Crippen LogP contribution in [-0.2, 0) is 15.4 Å². The quantitative estimate of drug-likeness (QED) is 0.247. The molecule has 0 aromatic carbocycles. The second-order valence-electron chi connectivity index (χ2n) is 4.22. The standard InChI is InChI=1S/C10H16N2O7P2S/c13-20(14,15)10(21(16,17)18)12-7-3-4-8-22(19)9-5-1-2-6-11-9/h1-2,5-6,13-15H,3-4,7-8H2,(H-,16,17,18)/p+1. The lowest BCUT2D eigenvalue weighted by atomic mass is 10.3. The van der Waals surface area contributed by atoms with Gasteiger partial charge in [0.05, 0.1) is 10.8 Å². The molecule has 0 aliphatic carbocycles. The molecule has 12 heteroatoms. The fourth-order valence-corrected chi connectivity index (χ4v) is 4.53. The number of pyridine rings is 1. The number of aliphatic imine (C=N–C) groups is 1. The fraction of sp³-hybridized carbons (Fsp3) is 0.400. The van der Waals surface area contributed by atoms with Crippen molar-refractivity contribution in [2.24, 2.45) is 4.99 Å². The van der Waals surface area contributed by atoms with Crippen LogP contribution in [0, 0.1) is 0 Å². The summed E-state index contributed by atoms with van der Waals surface area (Å²) in [4.78, 5) is 51.9. The lowest BCUT2D eigenvalue weighted by Crippen LogP contribution is -2.07. The molecule has 9 nitrogen and oxygen atoms in total. The Labute approximate surface area is 130 Å². The van der Waals surface area contributed by atoms with Gasteiger partial charge in [0.25, 0.3) is 0 Å². The molecule has 1 aromatic heterocycles. The summed E-state index contributed by atoms with van der Waals surface area (Å²) in [7, 11) is -11.2. The summed E-state index contributed by atoms with van der Waals surface area (Å²) in [5, 5.41) is -0.862. The predicted octanol–water partition coefficient (Wildman–Crippen LogP) is 0.243. The molecule has 1 unspecified atom stereocenters. The van der Waals surface area contributed by atoms with Crippen LogP contribution in [-0.4, -0.2) is 51.2 Å². The normalized spacial score (nSPS) is 14.9. The second kappa shape index (κ2) is 8.33. The van der Waals surface area contributed by atoms with Crippen LogP contribution in [0.1, 0.15) is 12.8 Å². The zero-order valence-corrected chi connectivity index (χ0v) is 14.0. The Kier molecular flexibility index (Phi) is 7.37. The van der Waals surface area contributed by atoms with E-state index in [0.29, 0.717) is 17.9 Å². The van der Waals surface area contributed by atoms with Crippen molar-refractivity contribution in [3.05, 3.63) is 24.4 Å². The van der Waals surface area contributed by atoms with Crippen molar-refractivity contribution in [3.8, 4) is 0 Å². The zero-order chi connectivity index (χ0) is 16.8. The summed E-state index contributed by atoms with van der Waals surface area (Å²) < 4.78 is 22.8. The van der Waals surface area contributed by atoms with Crippen LogP contribution in [0.3, 0.4) is 0 Å². The minimum absolute atomic E-state index is 0.136. The van der Waals surface area contributed by atoms with Gasteiger partial charge in [0.1, 0.15) is 5.03 Å². The topological polar surface area (TPSA) is 161 Å². The van der Waals surface area contributed by atoms with E-state index in [1.54, 1.807) is 18.2 Å². The molecule has 1 aromatic rings. The molecular formula is C10H17N2O7P2S+. The third kappa shape index (κ3) is 6.68. The Morgan fingerprint density at radius 3 is 2.45 bits per heavy atom. The fourth-order valence-electron chi connectivity index (χ4n) is 1.47. The highest BCUT2D eigenvalue weighted by atomic mass is 32.2. The molecule has 1 rings (SSSR count). The third-order valence-electron chi connectivity index (χ3n) is 2.39. The van der Waals surface area contributed by atoms with E-state index in [-0.39, 0.29) is 12.3 Å². The van der Waals surface area contributed by atoms with Crippen molar-refractivity contribution in [1.82, 2.24) is 4.98 Å². The minimum Gasteiger partial charge on any atom is -0.317 e. The van der Waals surface area contributed by atoms with Gasteiger partial charge in [0.15, 0.2) is 0 Å². The molecule has 0 spiro atoms. The Balaban J connectivity index is 2.49. The maximum atomic E-state index is 11.8. The van der Waals surface area contributed by atoms with Crippen LogP contribution in [0.5, 0.6) is 0 Å². The average Bonchev–Trinajstić information content (AvgIpc) is 2.40. The molecule has 124 valence electrons. The Hall–Kier alpha value is -0.570. The monoisotopic (exact) mass is 371 g/mol. The van der Waals surface area contributed by atoms with Gasteiger partial charge >= 0.3 is 20.7 Å². The Bertz CT molecular complexity index is 585. The number of rotatable bonds is 8. The van der Waals surface area contributed by atoms with Gasteiger partial charge < -0.3 is 9.79 Å². The first-order valence-corrected chi connectivity index (χ1v) is 10.7. The largest absolute Gasteiger partial charge is 0.469 e. The number of aromatic nitrogens is 1. The van der Waals surface area contributed by atoms with Gasteiger partial charge in [0, 0.05) is 18.5 Å². The average molecular weight is 371 g/mol. The van der Waals surface area contributed by atoms with Crippen LogP contribution in [0.25, 0.3) is 0 Å². The SMILES string of the molecule is O=S(CCCCN=C(P(=O)(O)O)[P+](O)(O)O)c1ccccn1. The van der Waals surface area contributed by atoms with Crippen molar-refractivity contribution < 1.29 is 33.2 Å². The van der Waals surface area contributed by atoms with E-state index >= 15 is 0 Å². The van der Waals surface area contributed by atoms with E-state index in [4.69, 9.17) is 24.5 Å². The van der Waals surface area contributed by atoms with Crippen molar-refractivity contribution >= 4 is 31.5 Å². The molecule has 0 bridgehead atoms. The highest BCUT2D eigenvalue weighted by Gasteiger charge is 2.51. The highest BCUT2D eigenvalue weighted by molar-refractivity contribution is 8.00. The molecule has 1 heterocycles. The van der Waals surface area contributed by atoms with E-state index in [1.807, 2.05) is 0 Å². The Morgan fingerprint density at radius 1 is 1.27 bits per heavy atom. The molecule has 0 saturated carbocycles. The number of hydrogen-bond acceptors (Lipinski definition) is 7.